The number of hydrogen-bond donors (Lipinski definition) is 4. The van der Waals surface area contributed by atoms with E-state index in [1.807, 2.05) is 6.20 Å². The van der Waals surface area contributed by atoms with Crippen molar-refractivity contribution in [3.8, 4) is 0 Å². The Hall–Kier alpha value is -1.43. The van der Waals surface area contributed by atoms with Crippen molar-refractivity contribution < 1.29 is 34.7 Å². The van der Waals surface area contributed by atoms with Crippen LogP contribution in [0.1, 0.15) is 25.5 Å². The molecule has 168 valence electrons. The zero-order valence-corrected chi connectivity index (χ0v) is 17.1. The summed E-state index contributed by atoms with van der Waals surface area (Å²) in [7, 11) is 0. The molecule has 0 aliphatic rings. The zero-order valence-electron chi connectivity index (χ0n) is 17.1. The van der Waals surface area contributed by atoms with Gasteiger partial charge in [-0.25, -0.2) is 0 Å². The first-order valence-electron chi connectivity index (χ1n) is 9.99. The number of hydrogen-bond acceptors (Lipinski definition) is 9. The Morgan fingerprint density at radius 1 is 0.966 bits per heavy atom. The highest BCUT2D eigenvalue weighted by atomic mass is 16.5. The Balaban J connectivity index is 2.55. The lowest BCUT2D eigenvalue weighted by Gasteiger charge is -2.20. The molecule has 1 heterocycles. The molecule has 0 radical (unpaired) electrons. The monoisotopic (exact) mass is 417 g/mol. The Kier molecular flexibility index (Phi) is 13.6. The quantitative estimate of drug-likeness (QED) is 0.237. The van der Waals surface area contributed by atoms with Crippen LogP contribution in [0.3, 0.4) is 0 Å². The molecule has 29 heavy (non-hydrogen) atoms. The predicted octanol–water partition coefficient (Wildman–Crippen LogP) is -0.959. The minimum atomic E-state index is -0.330. The summed E-state index contributed by atoms with van der Waals surface area (Å²) in [5, 5.41) is 44.8. The first kappa shape index (κ1) is 25.6. The lowest BCUT2D eigenvalue weighted by molar-refractivity contribution is -0.117. The molecule has 0 aliphatic heterocycles. The second-order valence-electron chi connectivity index (χ2n) is 7.39. The number of aliphatic hydroxyl groups excluding tert-OH is 4. The van der Waals surface area contributed by atoms with Crippen LogP contribution < -0.4 is 0 Å². The summed E-state index contributed by atoms with van der Waals surface area (Å²) in [6, 6.07) is 0. The van der Waals surface area contributed by atoms with Gasteiger partial charge in [0.15, 0.2) is 0 Å². The number of Topliss-reactive ketones (excluding diaryl/α,β-unsaturated/α-hetero) is 1. The molecule has 1 rings (SSSR count). The van der Waals surface area contributed by atoms with E-state index in [0.29, 0.717) is 32.6 Å². The van der Waals surface area contributed by atoms with Crippen molar-refractivity contribution in [3.05, 3.63) is 11.9 Å². The molecule has 0 aliphatic carbocycles. The molecule has 0 bridgehead atoms. The zero-order chi connectivity index (χ0) is 21.5. The second-order valence-corrected chi connectivity index (χ2v) is 7.39. The van der Waals surface area contributed by atoms with E-state index in [0.717, 1.165) is 12.1 Å². The third-order valence-corrected chi connectivity index (χ3v) is 4.44. The van der Waals surface area contributed by atoms with Gasteiger partial charge in [0.1, 0.15) is 5.78 Å². The van der Waals surface area contributed by atoms with Crippen LogP contribution in [-0.2, 0) is 27.2 Å². The first-order valence-corrected chi connectivity index (χ1v) is 9.99. The average molecular weight is 418 g/mol. The smallest absolute Gasteiger partial charge is 0.129 e. The first-order chi connectivity index (χ1) is 14.0. The van der Waals surface area contributed by atoms with Gasteiger partial charge in [-0.15, -0.1) is 5.10 Å². The summed E-state index contributed by atoms with van der Waals surface area (Å²) in [5.41, 5.74) is 0.813. The van der Waals surface area contributed by atoms with E-state index in [9.17, 15) is 4.79 Å². The lowest BCUT2D eigenvalue weighted by Crippen LogP contribution is -2.27. The molecule has 0 atom stereocenters. The van der Waals surface area contributed by atoms with Gasteiger partial charge in [-0.1, -0.05) is 5.21 Å². The van der Waals surface area contributed by atoms with Gasteiger partial charge in [0.05, 0.1) is 58.5 Å². The summed E-state index contributed by atoms with van der Waals surface area (Å²) in [5.74, 6) is -0.578. The largest absolute Gasteiger partial charge is 0.396 e. The van der Waals surface area contributed by atoms with Gasteiger partial charge in [0, 0.05) is 36.9 Å². The van der Waals surface area contributed by atoms with Crippen LogP contribution in [0.5, 0.6) is 0 Å². The van der Waals surface area contributed by atoms with Gasteiger partial charge in [0.2, 0.25) is 0 Å². The maximum absolute atomic E-state index is 11.0. The SMILES string of the molecule is CC(=O)CCCc1cn(CC(COCC(CO)CO)COCC(CO)CO)nn1. The third-order valence-electron chi connectivity index (χ3n) is 4.44. The van der Waals surface area contributed by atoms with Crippen LogP contribution in [0.4, 0.5) is 0 Å². The van der Waals surface area contributed by atoms with Crippen LogP contribution in [0.25, 0.3) is 0 Å². The van der Waals surface area contributed by atoms with E-state index in [4.69, 9.17) is 29.9 Å². The number of nitrogens with zero attached hydrogens (tertiary/aromatic N) is 3. The normalized spacial score (nSPS) is 11.9. The van der Waals surface area contributed by atoms with Crippen LogP contribution in [0.15, 0.2) is 6.20 Å². The third kappa shape index (κ3) is 11.4. The minimum absolute atomic E-state index is 0.0714. The number of aliphatic hydroxyl groups is 4. The Morgan fingerprint density at radius 2 is 1.48 bits per heavy atom. The van der Waals surface area contributed by atoms with E-state index >= 15 is 0 Å². The molecular weight excluding hydrogens is 382 g/mol. The minimum Gasteiger partial charge on any atom is -0.396 e. The highest BCUT2D eigenvalue weighted by molar-refractivity contribution is 5.75. The molecule has 0 amide bonds. The Morgan fingerprint density at radius 3 is 1.97 bits per heavy atom. The summed E-state index contributed by atoms with van der Waals surface area (Å²) < 4.78 is 12.9. The fraction of sp³-hybridized carbons (Fsp3) is 0.842. The summed E-state index contributed by atoms with van der Waals surface area (Å²) >= 11 is 0. The molecule has 0 fully saturated rings. The highest BCUT2D eigenvalue weighted by Crippen LogP contribution is 2.08. The van der Waals surface area contributed by atoms with E-state index in [1.165, 1.54) is 0 Å². The van der Waals surface area contributed by atoms with E-state index < -0.39 is 0 Å². The highest BCUT2D eigenvalue weighted by Gasteiger charge is 2.16. The second kappa shape index (κ2) is 15.4. The van der Waals surface area contributed by atoms with Crippen molar-refractivity contribution in [3.63, 3.8) is 0 Å². The average Bonchev–Trinajstić information content (AvgIpc) is 3.15. The topological polar surface area (TPSA) is 147 Å². The molecule has 1 aromatic heterocycles. The van der Waals surface area contributed by atoms with Crippen molar-refractivity contribution in [1.82, 2.24) is 15.0 Å². The molecule has 10 nitrogen and oxygen atoms in total. The molecule has 0 saturated heterocycles. The number of carbonyl (C=O) groups excluding carboxylic acids is 1. The fourth-order valence-corrected chi connectivity index (χ4v) is 2.61. The van der Waals surface area contributed by atoms with Crippen LogP contribution in [0, 0.1) is 17.8 Å². The molecule has 0 saturated carbocycles. The Labute approximate surface area is 171 Å². The van der Waals surface area contributed by atoms with Gasteiger partial charge in [-0.05, 0) is 19.8 Å². The number of aromatic nitrogens is 3. The standard InChI is InChI=1S/C19H35N3O7/c1-15(27)3-2-4-19-6-22(21-20-19)5-16(11-28-13-17(7-23)8-24)12-29-14-18(9-25)10-26/h6,16-18,23-26H,2-5,7-14H2,1H3. The van der Waals surface area contributed by atoms with Crippen LogP contribution in [0.2, 0.25) is 0 Å². The number of rotatable bonds is 18. The van der Waals surface area contributed by atoms with Crippen LogP contribution in [-0.4, -0.2) is 94.1 Å². The van der Waals surface area contributed by atoms with E-state index in [-0.39, 0.29) is 63.2 Å². The summed E-state index contributed by atoms with van der Waals surface area (Å²) in [6.45, 7) is 2.57. The Bertz CT molecular complexity index is 530. The molecule has 10 heteroatoms. The van der Waals surface area contributed by atoms with Crippen molar-refractivity contribution in [2.75, 3.05) is 52.9 Å². The molecule has 4 N–H and O–H groups in total. The number of ketones is 1. The van der Waals surface area contributed by atoms with E-state index in [2.05, 4.69) is 10.3 Å². The number of aryl methyl sites for hydroxylation is 1. The van der Waals surface area contributed by atoms with Crippen molar-refractivity contribution >= 4 is 5.78 Å². The maximum Gasteiger partial charge on any atom is 0.129 e. The molecule has 0 spiro atoms. The summed E-state index contributed by atoms with van der Waals surface area (Å²) in [6.07, 6.45) is 3.77. The van der Waals surface area contributed by atoms with Gasteiger partial charge in [0.25, 0.3) is 0 Å². The molecular formula is C19H35N3O7. The van der Waals surface area contributed by atoms with Crippen molar-refractivity contribution in [2.24, 2.45) is 17.8 Å². The molecule has 0 unspecified atom stereocenters. The predicted molar refractivity (Wildman–Crippen MR) is 104 cm³/mol. The van der Waals surface area contributed by atoms with Crippen molar-refractivity contribution in [1.29, 1.82) is 0 Å². The van der Waals surface area contributed by atoms with Crippen molar-refractivity contribution in [2.45, 2.75) is 32.7 Å². The molecule has 0 aromatic carbocycles. The van der Waals surface area contributed by atoms with E-state index in [1.54, 1.807) is 11.6 Å². The maximum atomic E-state index is 11.0. The molecule has 1 aromatic rings. The van der Waals surface area contributed by atoms with Gasteiger partial charge in [-0.2, -0.15) is 0 Å². The summed E-state index contributed by atoms with van der Waals surface area (Å²) in [4.78, 5) is 11.0. The van der Waals surface area contributed by atoms with Gasteiger partial charge < -0.3 is 34.7 Å². The number of ether oxygens (including phenoxy) is 2. The van der Waals surface area contributed by atoms with Crippen LogP contribution >= 0.6 is 0 Å². The van der Waals surface area contributed by atoms with Gasteiger partial charge >= 0.3 is 0 Å². The van der Waals surface area contributed by atoms with Gasteiger partial charge in [-0.3, -0.25) is 4.68 Å². The number of carbonyl (C=O) groups is 1. The lowest BCUT2D eigenvalue weighted by atomic mass is 10.1. The fourth-order valence-electron chi connectivity index (χ4n) is 2.61.